The van der Waals surface area contributed by atoms with E-state index in [0.29, 0.717) is 18.1 Å². The molecule has 2 fully saturated rings. The molecule has 2 bridgehead atoms. The zero-order chi connectivity index (χ0) is 12.7. The Labute approximate surface area is 108 Å². The number of piperidine rings is 1. The average Bonchev–Trinajstić information content (AvgIpc) is 2.60. The molecule has 98 valence electrons. The lowest BCUT2D eigenvalue weighted by Gasteiger charge is -2.40. The Bertz CT molecular complexity index is 432. The zero-order valence-corrected chi connectivity index (χ0v) is 11.1. The number of anilines is 1. The van der Waals surface area contributed by atoms with Gasteiger partial charge in [0.25, 0.3) is 0 Å². The molecule has 0 aromatic heterocycles. The molecule has 2 heterocycles. The van der Waals surface area contributed by atoms with E-state index in [1.165, 1.54) is 12.8 Å². The fourth-order valence-corrected chi connectivity index (χ4v) is 3.63. The highest BCUT2D eigenvalue weighted by molar-refractivity contribution is 5.52. The van der Waals surface area contributed by atoms with E-state index in [4.69, 9.17) is 0 Å². The summed E-state index contributed by atoms with van der Waals surface area (Å²) in [7, 11) is 2.03. The fraction of sp³-hybridized carbons (Fsp3) is 0.600. The van der Waals surface area contributed by atoms with Gasteiger partial charge in [-0.1, -0.05) is 6.07 Å². The molecule has 0 aliphatic carbocycles. The van der Waals surface area contributed by atoms with Crippen LogP contribution in [0.1, 0.15) is 31.2 Å². The monoisotopic (exact) mass is 248 g/mol. The lowest BCUT2D eigenvalue weighted by molar-refractivity contribution is 0.370. The molecule has 1 aromatic rings. The Morgan fingerprint density at radius 3 is 2.44 bits per heavy atom. The van der Waals surface area contributed by atoms with Gasteiger partial charge in [-0.05, 0) is 57.4 Å². The van der Waals surface area contributed by atoms with Crippen LogP contribution < -0.4 is 10.2 Å². The third-order valence-electron chi connectivity index (χ3n) is 4.52. The van der Waals surface area contributed by atoms with Gasteiger partial charge in [-0.15, -0.1) is 0 Å². The number of halogens is 1. The maximum Gasteiger partial charge on any atom is 0.146 e. The average molecular weight is 248 g/mol. The van der Waals surface area contributed by atoms with Gasteiger partial charge in [0.15, 0.2) is 0 Å². The number of benzene rings is 1. The third-order valence-corrected chi connectivity index (χ3v) is 4.52. The Balaban J connectivity index is 1.89. The molecule has 0 spiro atoms. The lowest BCUT2D eigenvalue weighted by Crippen LogP contribution is -2.48. The second-order valence-corrected chi connectivity index (χ2v) is 5.70. The second-order valence-electron chi connectivity index (χ2n) is 5.70. The van der Waals surface area contributed by atoms with Gasteiger partial charge in [-0.3, -0.25) is 0 Å². The quantitative estimate of drug-likeness (QED) is 0.865. The van der Waals surface area contributed by atoms with Crippen molar-refractivity contribution in [1.82, 2.24) is 5.32 Å². The molecule has 0 saturated carbocycles. The Morgan fingerprint density at radius 2 is 1.89 bits per heavy atom. The highest BCUT2D eigenvalue weighted by Crippen LogP contribution is 2.40. The van der Waals surface area contributed by atoms with E-state index in [2.05, 4.69) is 10.2 Å². The smallest absolute Gasteiger partial charge is 0.146 e. The van der Waals surface area contributed by atoms with Gasteiger partial charge in [0.05, 0.1) is 5.69 Å². The summed E-state index contributed by atoms with van der Waals surface area (Å²) in [6, 6.07) is 7.25. The van der Waals surface area contributed by atoms with Crippen LogP contribution in [-0.2, 0) is 0 Å². The number of rotatable bonds is 2. The van der Waals surface area contributed by atoms with E-state index in [-0.39, 0.29) is 5.82 Å². The summed E-state index contributed by atoms with van der Waals surface area (Å²) >= 11 is 0. The first-order valence-electron chi connectivity index (χ1n) is 6.91. The second kappa shape index (κ2) is 4.54. The van der Waals surface area contributed by atoms with Crippen LogP contribution >= 0.6 is 0 Å². The van der Waals surface area contributed by atoms with Crippen molar-refractivity contribution in [3.05, 3.63) is 29.6 Å². The molecule has 2 nitrogen and oxygen atoms in total. The number of aryl methyl sites for hydroxylation is 1. The lowest BCUT2D eigenvalue weighted by atomic mass is 9.96. The van der Waals surface area contributed by atoms with E-state index >= 15 is 0 Å². The van der Waals surface area contributed by atoms with Gasteiger partial charge in [-0.2, -0.15) is 0 Å². The minimum atomic E-state index is -0.0604. The number of hydrogen-bond donors (Lipinski definition) is 1. The van der Waals surface area contributed by atoms with Crippen molar-refractivity contribution in [2.24, 2.45) is 0 Å². The third kappa shape index (κ3) is 1.91. The summed E-state index contributed by atoms with van der Waals surface area (Å²) < 4.78 is 14.1. The summed E-state index contributed by atoms with van der Waals surface area (Å²) in [5.74, 6) is -0.0604. The predicted octanol–water partition coefficient (Wildman–Crippen LogP) is 2.85. The van der Waals surface area contributed by atoms with Crippen molar-refractivity contribution >= 4 is 5.69 Å². The van der Waals surface area contributed by atoms with Gasteiger partial charge in [0.1, 0.15) is 5.82 Å². The molecule has 2 aliphatic heterocycles. The maximum absolute atomic E-state index is 14.1. The van der Waals surface area contributed by atoms with Crippen LogP contribution in [0.5, 0.6) is 0 Å². The molecule has 2 saturated heterocycles. The molecule has 18 heavy (non-hydrogen) atoms. The van der Waals surface area contributed by atoms with Crippen LogP contribution in [0.3, 0.4) is 0 Å². The van der Waals surface area contributed by atoms with Crippen molar-refractivity contribution < 1.29 is 4.39 Å². The summed E-state index contributed by atoms with van der Waals surface area (Å²) in [6.07, 6.45) is 4.69. The molecule has 3 rings (SSSR count). The minimum Gasteiger partial charge on any atom is -0.363 e. The summed E-state index contributed by atoms with van der Waals surface area (Å²) in [5.41, 5.74) is 1.80. The number of nitrogens with one attached hydrogen (secondary N) is 1. The molecule has 2 unspecified atom stereocenters. The van der Waals surface area contributed by atoms with E-state index in [0.717, 1.165) is 24.1 Å². The molecule has 2 aliphatic rings. The molecule has 0 amide bonds. The zero-order valence-electron chi connectivity index (χ0n) is 11.1. The summed E-state index contributed by atoms with van der Waals surface area (Å²) in [4.78, 5) is 2.34. The Hall–Kier alpha value is -1.09. The Morgan fingerprint density at radius 1 is 1.22 bits per heavy atom. The van der Waals surface area contributed by atoms with Crippen LogP contribution in [0.25, 0.3) is 0 Å². The molecule has 1 N–H and O–H groups in total. The topological polar surface area (TPSA) is 15.3 Å². The fourth-order valence-electron chi connectivity index (χ4n) is 3.63. The largest absolute Gasteiger partial charge is 0.363 e. The van der Waals surface area contributed by atoms with Crippen molar-refractivity contribution in [1.29, 1.82) is 0 Å². The van der Waals surface area contributed by atoms with E-state index in [1.54, 1.807) is 6.07 Å². The first kappa shape index (κ1) is 12.0. The highest BCUT2D eigenvalue weighted by atomic mass is 19.1. The molecule has 2 atom stereocenters. The van der Waals surface area contributed by atoms with Gasteiger partial charge in [0.2, 0.25) is 0 Å². The van der Waals surface area contributed by atoms with E-state index in [9.17, 15) is 4.39 Å². The van der Waals surface area contributed by atoms with Crippen LogP contribution in [0, 0.1) is 12.7 Å². The maximum atomic E-state index is 14.1. The summed E-state index contributed by atoms with van der Waals surface area (Å²) in [5, 5.41) is 3.38. The molecule has 0 radical (unpaired) electrons. The van der Waals surface area contributed by atoms with Gasteiger partial charge >= 0.3 is 0 Å². The highest BCUT2D eigenvalue weighted by Gasteiger charge is 2.41. The first-order chi connectivity index (χ1) is 8.69. The number of fused-ring (bicyclic) bond motifs is 2. The summed E-state index contributed by atoms with van der Waals surface area (Å²) in [6.45, 7) is 1.94. The SMILES string of the molecule is CNC1CC2CCC(C1)N2c1ccc(C)cc1F. The van der Waals surface area contributed by atoms with Gasteiger partial charge in [0, 0.05) is 18.1 Å². The van der Waals surface area contributed by atoms with E-state index in [1.807, 2.05) is 26.1 Å². The van der Waals surface area contributed by atoms with Gasteiger partial charge in [-0.25, -0.2) is 4.39 Å². The van der Waals surface area contributed by atoms with Gasteiger partial charge < -0.3 is 10.2 Å². The van der Waals surface area contributed by atoms with Crippen LogP contribution in [0.15, 0.2) is 18.2 Å². The molecule has 3 heteroatoms. The molecular formula is C15H21FN2. The van der Waals surface area contributed by atoms with Crippen molar-refractivity contribution in [2.45, 2.75) is 50.7 Å². The minimum absolute atomic E-state index is 0.0604. The normalized spacial score (nSPS) is 30.8. The molecular weight excluding hydrogens is 227 g/mol. The number of hydrogen-bond acceptors (Lipinski definition) is 2. The van der Waals surface area contributed by atoms with Crippen LogP contribution in [-0.4, -0.2) is 25.2 Å². The standard InChI is InChI=1S/C15H21FN2/c1-10-3-6-15(14(16)7-10)18-12-4-5-13(18)9-11(8-12)17-2/h3,6-7,11-13,17H,4-5,8-9H2,1-2H3. The van der Waals surface area contributed by atoms with Crippen molar-refractivity contribution in [3.63, 3.8) is 0 Å². The van der Waals surface area contributed by atoms with Crippen molar-refractivity contribution in [3.8, 4) is 0 Å². The number of nitrogens with zero attached hydrogens (tertiary/aromatic N) is 1. The molecule has 1 aromatic carbocycles. The van der Waals surface area contributed by atoms with Crippen molar-refractivity contribution in [2.75, 3.05) is 11.9 Å². The van der Waals surface area contributed by atoms with Crippen LogP contribution in [0.2, 0.25) is 0 Å². The predicted molar refractivity (Wildman–Crippen MR) is 72.5 cm³/mol. The Kier molecular flexibility index (Phi) is 3.02. The van der Waals surface area contributed by atoms with Crippen LogP contribution in [0.4, 0.5) is 10.1 Å². The first-order valence-corrected chi connectivity index (χ1v) is 6.91. The van der Waals surface area contributed by atoms with E-state index < -0.39 is 0 Å².